The van der Waals surface area contributed by atoms with Crippen molar-refractivity contribution in [2.75, 3.05) is 0 Å². The summed E-state index contributed by atoms with van der Waals surface area (Å²) in [5.74, 6) is 0. The zero-order chi connectivity index (χ0) is 13.8. The molecule has 2 rings (SSSR count). The van der Waals surface area contributed by atoms with Crippen molar-refractivity contribution in [3.05, 3.63) is 52.8 Å². The molecule has 2 aromatic rings. The Labute approximate surface area is 122 Å². The van der Waals surface area contributed by atoms with E-state index in [1.54, 1.807) is 18.0 Å². The topological polar surface area (TPSA) is 51.8 Å². The fraction of sp³-hybridized carbons (Fsp3) is 0.286. The molecule has 0 radical (unpaired) electrons. The van der Waals surface area contributed by atoms with Gasteiger partial charge in [-0.1, -0.05) is 35.5 Å². The highest BCUT2D eigenvalue weighted by Crippen LogP contribution is 2.36. The number of nitrogens with two attached hydrogens (primary N) is 1. The standard InChI is InChI=1S/C14H16ClN3S/c1-9-6-7-17-14(18-9)19-13(10(2)16)11-4-3-5-12(15)8-11/h3-8,10,13H,16H2,1-2H3. The molecule has 0 saturated carbocycles. The average molecular weight is 294 g/mol. The van der Waals surface area contributed by atoms with Crippen LogP contribution in [0.2, 0.25) is 5.02 Å². The SMILES string of the molecule is Cc1ccnc(SC(c2cccc(Cl)c2)C(C)N)n1. The summed E-state index contributed by atoms with van der Waals surface area (Å²) in [6.07, 6.45) is 1.76. The van der Waals surface area contributed by atoms with E-state index in [0.717, 1.165) is 16.4 Å². The predicted octanol–water partition coefficient (Wildman–Crippen LogP) is 3.62. The van der Waals surface area contributed by atoms with Crippen molar-refractivity contribution in [1.82, 2.24) is 9.97 Å². The van der Waals surface area contributed by atoms with Gasteiger partial charge in [-0.15, -0.1) is 0 Å². The number of hydrogen-bond acceptors (Lipinski definition) is 4. The maximum absolute atomic E-state index is 6.09. The number of halogens is 1. The first-order valence-electron chi connectivity index (χ1n) is 6.03. The van der Waals surface area contributed by atoms with E-state index in [1.807, 2.05) is 44.2 Å². The molecule has 100 valence electrons. The number of nitrogens with zero attached hydrogens (tertiary/aromatic N) is 2. The summed E-state index contributed by atoms with van der Waals surface area (Å²) >= 11 is 7.61. The van der Waals surface area contributed by atoms with Crippen LogP contribution < -0.4 is 5.73 Å². The van der Waals surface area contributed by atoms with Crippen LogP contribution in [-0.2, 0) is 0 Å². The summed E-state index contributed by atoms with van der Waals surface area (Å²) in [6.45, 7) is 3.93. The van der Waals surface area contributed by atoms with Gasteiger partial charge in [0.2, 0.25) is 0 Å². The summed E-state index contributed by atoms with van der Waals surface area (Å²) in [5.41, 5.74) is 8.13. The molecule has 19 heavy (non-hydrogen) atoms. The number of benzene rings is 1. The van der Waals surface area contributed by atoms with Crippen molar-refractivity contribution >= 4 is 23.4 Å². The highest BCUT2D eigenvalue weighted by Gasteiger charge is 2.19. The minimum absolute atomic E-state index is 0.0208. The van der Waals surface area contributed by atoms with Gasteiger partial charge in [0.25, 0.3) is 0 Å². The van der Waals surface area contributed by atoms with E-state index in [9.17, 15) is 0 Å². The van der Waals surface area contributed by atoms with Gasteiger partial charge in [-0.2, -0.15) is 0 Å². The van der Waals surface area contributed by atoms with E-state index in [0.29, 0.717) is 5.02 Å². The summed E-state index contributed by atoms with van der Waals surface area (Å²) in [5, 5.41) is 1.54. The predicted molar refractivity (Wildman–Crippen MR) is 80.5 cm³/mol. The molecule has 0 bridgehead atoms. The molecule has 0 aliphatic carbocycles. The van der Waals surface area contributed by atoms with E-state index < -0.39 is 0 Å². The highest BCUT2D eigenvalue weighted by atomic mass is 35.5. The fourth-order valence-corrected chi connectivity index (χ4v) is 3.00. The Morgan fingerprint density at radius 1 is 1.32 bits per heavy atom. The minimum atomic E-state index is -0.0208. The lowest BCUT2D eigenvalue weighted by molar-refractivity contribution is 0.717. The first kappa shape index (κ1) is 14.3. The maximum atomic E-state index is 6.09. The van der Waals surface area contributed by atoms with Gasteiger partial charge < -0.3 is 5.73 Å². The third kappa shape index (κ3) is 3.93. The number of hydrogen-bond donors (Lipinski definition) is 1. The molecule has 2 atom stereocenters. The highest BCUT2D eigenvalue weighted by molar-refractivity contribution is 7.99. The third-order valence-corrected chi connectivity index (χ3v) is 4.26. The molecule has 0 amide bonds. The molecule has 0 aliphatic heterocycles. The molecule has 1 heterocycles. The lowest BCUT2D eigenvalue weighted by atomic mass is 10.1. The third-order valence-electron chi connectivity index (χ3n) is 2.66. The normalized spacial score (nSPS) is 14.1. The van der Waals surface area contributed by atoms with Gasteiger partial charge in [-0.05, 0) is 37.6 Å². The second kappa shape index (κ2) is 6.37. The number of thioether (sulfide) groups is 1. The van der Waals surface area contributed by atoms with Gasteiger partial charge in [0.15, 0.2) is 5.16 Å². The molecule has 3 nitrogen and oxygen atoms in total. The van der Waals surface area contributed by atoms with Crippen LogP contribution in [0.25, 0.3) is 0 Å². The molecular weight excluding hydrogens is 278 g/mol. The Morgan fingerprint density at radius 3 is 2.74 bits per heavy atom. The van der Waals surface area contributed by atoms with Crippen LogP contribution >= 0.6 is 23.4 Å². The molecule has 0 fully saturated rings. The average Bonchev–Trinajstić information content (AvgIpc) is 2.35. The van der Waals surface area contributed by atoms with Crippen molar-refractivity contribution in [1.29, 1.82) is 0 Å². The van der Waals surface area contributed by atoms with E-state index in [-0.39, 0.29) is 11.3 Å². The summed E-state index contributed by atoms with van der Waals surface area (Å²) in [4.78, 5) is 8.68. The molecule has 5 heteroatoms. The summed E-state index contributed by atoms with van der Waals surface area (Å²) < 4.78 is 0. The van der Waals surface area contributed by atoms with Crippen LogP contribution in [0.1, 0.15) is 23.4 Å². The Kier molecular flexibility index (Phi) is 4.80. The van der Waals surface area contributed by atoms with Gasteiger partial charge in [0.05, 0.1) is 5.25 Å². The monoisotopic (exact) mass is 293 g/mol. The second-order valence-corrected chi connectivity index (χ2v) is 5.98. The van der Waals surface area contributed by atoms with Crippen LogP contribution in [0.4, 0.5) is 0 Å². The lowest BCUT2D eigenvalue weighted by Crippen LogP contribution is -2.22. The van der Waals surface area contributed by atoms with Gasteiger partial charge in [0.1, 0.15) is 0 Å². The molecular formula is C14H16ClN3S. The fourth-order valence-electron chi connectivity index (χ4n) is 1.76. The first-order valence-corrected chi connectivity index (χ1v) is 7.29. The Hall–Kier alpha value is -1.10. The second-order valence-electron chi connectivity index (χ2n) is 4.43. The molecule has 2 unspecified atom stereocenters. The summed E-state index contributed by atoms with van der Waals surface area (Å²) in [6, 6.07) is 9.63. The van der Waals surface area contributed by atoms with Crippen molar-refractivity contribution in [3.63, 3.8) is 0 Å². The van der Waals surface area contributed by atoms with Crippen molar-refractivity contribution in [2.45, 2.75) is 30.3 Å². The van der Waals surface area contributed by atoms with E-state index in [1.165, 1.54) is 0 Å². The molecule has 2 N–H and O–H groups in total. The number of aryl methyl sites for hydroxylation is 1. The minimum Gasteiger partial charge on any atom is -0.327 e. The van der Waals surface area contributed by atoms with Crippen molar-refractivity contribution in [3.8, 4) is 0 Å². The van der Waals surface area contributed by atoms with Crippen LogP contribution in [0.5, 0.6) is 0 Å². The molecule has 0 aliphatic rings. The van der Waals surface area contributed by atoms with Crippen LogP contribution in [0.15, 0.2) is 41.7 Å². The lowest BCUT2D eigenvalue weighted by Gasteiger charge is -2.20. The Morgan fingerprint density at radius 2 is 2.11 bits per heavy atom. The number of aromatic nitrogens is 2. The Bertz CT molecular complexity index is 560. The smallest absolute Gasteiger partial charge is 0.188 e. The quantitative estimate of drug-likeness (QED) is 0.691. The van der Waals surface area contributed by atoms with Gasteiger partial charge in [-0.3, -0.25) is 0 Å². The molecule has 1 aromatic heterocycles. The van der Waals surface area contributed by atoms with Crippen LogP contribution in [0.3, 0.4) is 0 Å². The van der Waals surface area contributed by atoms with E-state index in [4.69, 9.17) is 17.3 Å². The largest absolute Gasteiger partial charge is 0.327 e. The zero-order valence-electron chi connectivity index (χ0n) is 10.9. The van der Waals surface area contributed by atoms with Gasteiger partial charge in [0, 0.05) is 23.0 Å². The van der Waals surface area contributed by atoms with Crippen LogP contribution in [0, 0.1) is 6.92 Å². The Balaban J connectivity index is 2.26. The van der Waals surface area contributed by atoms with Crippen molar-refractivity contribution in [2.24, 2.45) is 5.73 Å². The van der Waals surface area contributed by atoms with E-state index >= 15 is 0 Å². The molecule has 1 aromatic carbocycles. The molecule has 0 saturated heterocycles. The van der Waals surface area contributed by atoms with Crippen molar-refractivity contribution < 1.29 is 0 Å². The maximum Gasteiger partial charge on any atom is 0.188 e. The summed E-state index contributed by atoms with van der Waals surface area (Å²) in [7, 11) is 0. The van der Waals surface area contributed by atoms with Gasteiger partial charge >= 0.3 is 0 Å². The zero-order valence-corrected chi connectivity index (χ0v) is 12.4. The number of rotatable bonds is 4. The first-order chi connectivity index (χ1) is 9.06. The van der Waals surface area contributed by atoms with E-state index in [2.05, 4.69) is 9.97 Å². The van der Waals surface area contributed by atoms with Gasteiger partial charge in [-0.25, -0.2) is 9.97 Å². The van der Waals surface area contributed by atoms with Crippen LogP contribution in [-0.4, -0.2) is 16.0 Å². The molecule has 0 spiro atoms.